The zero-order valence-corrected chi connectivity index (χ0v) is 15.2. The standard InChI is InChI=1S/C19H28N2O4/c1-19(2,3)25-18(24)21-12-16(20-10-6-7-13(22)11-20)17(23)14-8-4-5-9-15(14)21/h4-5,8-9,13,16-17,22-23H,6-7,10-12H2,1-3H3/t13-,16+,17-/m1/s1. The van der Waals surface area contributed by atoms with Crippen molar-refractivity contribution < 1.29 is 19.7 Å². The number of fused-ring (bicyclic) bond motifs is 1. The van der Waals surface area contributed by atoms with E-state index in [-0.39, 0.29) is 12.1 Å². The van der Waals surface area contributed by atoms with Crippen LogP contribution < -0.4 is 4.90 Å². The average molecular weight is 348 g/mol. The van der Waals surface area contributed by atoms with Gasteiger partial charge < -0.3 is 14.9 Å². The minimum atomic E-state index is -0.694. The molecule has 0 bridgehead atoms. The normalized spacial score (nSPS) is 27.7. The second-order valence-corrected chi connectivity index (χ2v) is 7.95. The zero-order chi connectivity index (χ0) is 18.2. The number of amides is 1. The van der Waals surface area contributed by atoms with Gasteiger partial charge >= 0.3 is 6.09 Å². The second-order valence-electron chi connectivity index (χ2n) is 7.95. The van der Waals surface area contributed by atoms with Crippen LogP contribution in [0.5, 0.6) is 0 Å². The molecule has 0 unspecified atom stereocenters. The molecule has 2 N–H and O–H groups in total. The van der Waals surface area contributed by atoms with Gasteiger partial charge in [0, 0.05) is 18.7 Å². The van der Waals surface area contributed by atoms with Crippen molar-refractivity contribution in [2.24, 2.45) is 0 Å². The Hall–Kier alpha value is -1.63. The molecular formula is C19H28N2O4. The summed E-state index contributed by atoms with van der Waals surface area (Å²) in [4.78, 5) is 16.4. The second kappa shape index (κ2) is 6.94. The lowest BCUT2D eigenvalue weighted by molar-refractivity contribution is -0.00591. The van der Waals surface area contributed by atoms with Gasteiger partial charge in [-0.1, -0.05) is 18.2 Å². The molecule has 0 spiro atoms. The Morgan fingerprint density at radius 3 is 2.60 bits per heavy atom. The third kappa shape index (κ3) is 3.97. The van der Waals surface area contributed by atoms with E-state index >= 15 is 0 Å². The summed E-state index contributed by atoms with van der Waals surface area (Å²) in [5.41, 5.74) is 0.835. The summed E-state index contributed by atoms with van der Waals surface area (Å²) in [5.74, 6) is 0. The highest BCUT2D eigenvalue weighted by Crippen LogP contribution is 2.37. The fourth-order valence-electron chi connectivity index (χ4n) is 3.67. The Morgan fingerprint density at radius 1 is 1.20 bits per heavy atom. The van der Waals surface area contributed by atoms with Gasteiger partial charge in [-0.2, -0.15) is 0 Å². The van der Waals surface area contributed by atoms with Crippen LogP contribution in [-0.2, 0) is 4.74 Å². The highest BCUT2D eigenvalue weighted by Gasteiger charge is 2.40. The topological polar surface area (TPSA) is 73.2 Å². The number of aliphatic hydroxyl groups is 2. The van der Waals surface area contributed by atoms with E-state index in [1.807, 2.05) is 45.0 Å². The van der Waals surface area contributed by atoms with Crippen molar-refractivity contribution in [3.05, 3.63) is 29.8 Å². The van der Waals surface area contributed by atoms with Crippen molar-refractivity contribution in [1.29, 1.82) is 0 Å². The smallest absolute Gasteiger partial charge is 0.414 e. The Bertz CT molecular complexity index is 628. The Labute approximate surface area is 149 Å². The van der Waals surface area contributed by atoms with E-state index in [9.17, 15) is 15.0 Å². The van der Waals surface area contributed by atoms with Crippen molar-refractivity contribution in [3.63, 3.8) is 0 Å². The highest BCUT2D eigenvalue weighted by atomic mass is 16.6. The van der Waals surface area contributed by atoms with Crippen molar-refractivity contribution in [2.45, 2.75) is 57.5 Å². The largest absolute Gasteiger partial charge is 0.443 e. The first kappa shape index (κ1) is 18.2. The van der Waals surface area contributed by atoms with Gasteiger partial charge in [0.05, 0.1) is 23.9 Å². The first-order chi connectivity index (χ1) is 11.8. The molecule has 1 saturated heterocycles. The molecule has 1 aromatic carbocycles. The van der Waals surface area contributed by atoms with E-state index in [1.165, 1.54) is 0 Å². The van der Waals surface area contributed by atoms with E-state index in [4.69, 9.17) is 4.74 Å². The van der Waals surface area contributed by atoms with Crippen LogP contribution in [0.4, 0.5) is 10.5 Å². The first-order valence-electron chi connectivity index (χ1n) is 8.96. The van der Waals surface area contributed by atoms with Crippen LogP contribution in [0.25, 0.3) is 0 Å². The SMILES string of the molecule is CC(C)(C)OC(=O)N1C[C@H](N2CCC[C@@H](O)C2)[C@H](O)c2ccccc21. The zero-order valence-electron chi connectivity index (χ0n) is 15.2. The number of hydrogen-bond acceptors (Lipinski definition) is 5. The van der Waals surface area contributed by atoms with Crippen LogP contribution in [-0.4, -0.2) is 58.6 Å². The maximum absolute atomic E-state index is 12.7. The number of benzene rings is 1. The maximum Gasteiger partial charge on any atom is 0.414 e. The third-order valence-electron chi connectivity index (χ3n) is 4.79. The molecule has 2 aliphatic rings. The molecule has 0 radical (unpaired) electrons. The molecule has 2 aliphatic heterocycles. The number of carbonyl (C=O) groups excluding carboxylic acids is 1. The monoisotopic (exact) mass is 348 g/mol. The number of rotatable bonds is 1. The fourth-order valence-corrected chi connectivity index (χ4v) is 3.67. The van der Waals surface area contributed by atoms with Crippen LogP contribution >= 0.6 is 0 Å². The van der Waals surface area contributed by atoms with Gasteiger partial charge in [-0.15, -0.1) is 0 Å². The maximum atomic E-state index is 12.7. The van der Waals surface area contributed by atoms with Crippen molar-refractivity contribution >= 4 is 11.8 Å². The Balaban J connectivity index is 1.90. The molecule has 138 valence electrons. The first-order valence-corrected chi connectivity index (χ1v) is 8.96. The molecule has 3 atom stereocenters. The summed E-state index contributed by atoms with van der Waals surface area (Å²) in [6.45, 7) is 7.20. The quantitative estimate of drug-likeness (QED) is 0.815. The third-order valence-corrected chi connectivity index (χ3v) is 4.79. The summed E-state index contributed by atoms with van der Waals surface area (Å²) in [6.07, 6.45) is 0.187. The van der Waals surface area contributed by atoms with Crippen LogP contribution in [0.2, 0.25) is 0 Å². The van der Waals surface area contributed by atoms with E-state index in [1.54, 1.807) is 4.90 Å². The summed E-state index contributed by atoms with van der Waals surface area (Å²) >= 11 is 0. The van der Waals surface area contributed by atoms with E-state index in [0.29, 0.717) is 18.8 Å². The number of likely N-dealkylation sites (tertiary alicyclic amines) is 1. The van der Waals surface area contributed by atoms with Crippen molar-refractivity contribution in [3.8, 4) is 0 Å². The predicted octanol–water partition coefficient (Wildman–Crippen LogP) is 2.30. The van der Waals surface area contributed by atoms with Gasteiger partial charge in [-0.3, -0.25) is 9.80 Å². The van der Waals surface area contributed by atoms with Gasteiger partial charge in [0.15, 0.2) is 0 Å². The van der Waals surface area contributed by atoms with Crippen LogP contribution in [0.1, 0.15) is 45.3 Å². The minimum absolute atomic E-state index is 0.252. The van der Waals surface area contributed by atoms with Crippen molar-refractivity contribution in [1.82, 2.24) is 4.90 Å². The number of nitrogens with zero attached hydrogens (tertiary/aromatic N) is 2. The van der Waals surface area contributed by atoms with Crippen LogP contribution in [0, 0.1) is 0 Å². The molecule has 1 amide bonds. The number of piperidine rings is 1. The molecule has 2 heterocycles. The fraction of sp³-hybridized carbons (Fsp3) is 0.632. The average Bonchev–Trinajstić information content (AvgIpc) is 2.53. The van der Waals surface area contributed by atoms with Crippen molar-refractivity contribution in [2.75, 3.05) is 24.5 Å². The lowest BCUT2D eigenvalue weighted by atomic mass is 9.92. The molecule has 6 nitrogen and oxygen atoms in total. The summed E-state index contributed by atoms with van der Waals surface area (Å²) < 4.78 is 5.56. The minimum Gasteiger partial charge on any atom is -0.443 e. The molecule has 0 saturated carbocycles. The van der Waals surface area contributed by atoms with Gasteiger partial charge in [0.2, 0.25) is 0 Å². The molecular weight excluding hydrogens is 320 g/mol. The molecule has 0 aliphatic carbocycles. The lowest BCUT2D eigenvalue weighted by Gasteiger charge is -2.45. The van der Waals surface area contributed by atoms with Gasteiger partial charge in [-0.25, -0.2) is 4.79 Å². The number of ether oxygens (including phenoxy) is 1. The number of aliphatic hydroxyl groups excluding tert-OH is 2. The predicted molar refractivity (Wildman–Crippen MR) is 95.6 cm³/mol. The van der Waals surface area contributed by atoms with Gasteiger partial charge in [-0.05, 0) is 46.2 Å². The van der Waals surface area contributed by atoms with Gasteiger partial charge in [0.25, 0.3) is 0 Å². The van der Waals surface area contributed by atoms with Crippen LogP contribution in [0.15, 0.2) is 24.3 Å². The van der Waals surface area contributed by atoms with E-state index in [2.05, 4.69) is 4.90 Å². The molecule has 1 aromatic rings. The molecule has 25 heavy (non-hydrogen) atoms. The Kier molecular flexibility index (Phi) is 5.04. The van der Waals surface area contributed by atoms with Crippen LogP contribution in [0.3, 0.4) is 0 Å². The number of anilines is 1. The van der Waals surface area contributed by atoms with Gasteiger partial charge in [0.1, 0.15) is 5.60 Å². The summed E-state index contributed by atoms with van der Waals surface area (Å²) in [7, 11) is 0. The number of para-hydroxylation sites is 1. The summed E-state index contributed by atoms with van der Waals surface area (Å²) in [6, 6.07) is 7.15. The molecule has 0 aromatic heterocycles. The molecule has 1 fully saturated rings. The Morgan fingerprint density at radius 2 is 1.92 bits per heavy atom. The van der Waals surface area contributed by atoms with E-state index < -0.39 is 17.8 Å². The lowest BCUT2D eigenvalue weighted by Crippen LogP contribution is -2.56. The molecule has 6 heteroatoms. The number of β-amino-alcohol motifs (C(OH)–C–C–N with tert-alkyl or cyclic N) is 1. The summed E-state index contributed by atoms with van der Waals surface area (Å²) in [5, 5.41) is 20.9. The number of hydrogen-bond donors (Lipinski definition) is 2. The van der Waals surface area contributed by atoms with E-state index in [0.717, 1.165) is 24.9 Å². The molecule has 3 rings (SSSR count). The highest BCUT2D eigenvalue weighted by molar-refractivity contribution is 5.90. The number of carbonyl (C=O) groups is 1.